The molecule has 2 N–H and O–H groups in total. The average Bonchev–Trinajstić information content (AvgIpc) is 2.38. The van der Waals surface area contributed by atoms with E-state index in [2.05, 4.69) is 4.72 Å². The third-order valence-corrected chi connectivity index (χ3v) is 3.80. The smallest absolute Gasteiger partial charge is 0.216 e. The van der Waals surface area contributed by atoms with E-state index in [1.54, 1.807) is 24.3 Å². The molecular formula is C12H16N2O4S. The van der Waals surface area contributed by atoms with E-state index in [-0.39, 0.29) is 19.0 Å². The van der Waals surface area contributed by atoms with Gasteiger partial charge in [0.15, 0.2) is 0 Å². The predicted molar refractivity (Wildman–Crippen MR) is 69.7 cm³/mol. The number of nitrogens with zero attached hydrogens (tertiary/aromatic N) is 1. The van der Waals surface area contributed by atoms with Crippen molar-refractivity contribution in [3.05, 3.63) is 35.4 Å². The summed E-state index contributed by atoms with van der Waals surface area (Å²) in [7, 11) is -2.22. The van der Waals surface area contributed by atoms with E-state index in [0.717, 1.165) is 0 Å². The molecule has 1 unspecified atom stereocenters. The summed E-state index contributed by atoms with van der Waals surface area (Å²) >= 11 is 0. The fourth-order valence-electron chi connectivity index (χ4n) is 1.58. The van der Waals surface area contributed by atoms with Gasteiger partial charge in [-0.3, -0.25) is 0 Å². The monoisotopic (exact) mass is 284 g/mol. The van der Waals surface area contributed by atoms with Crippen molar-refractivity contribution in [2.45, 2.75) is 11.8 Å². The summed E-state index contributed by atoms with van der Waals surface area (Å²) < 4.78 is 31.0. The second-order valence-electron chi connectivity index (χ2n) is 3.98. The van der Waals surface area contributed by atoms with Gasteiger partial charge in [-0.25, -0.2) is 13.1 Å². The summed E-state index contributed by atoms with van der Waals surface area (Å²) in [6, 6.07) is 7.74. The Bertz CT molecular complexity index is 551. The van der Waals surface area contributed by atoms with E-state index in [9.17, 15) is 8.42 Å². The number of rotatable bonds is 7. The second kappa shape index (κ2) is 7.21. The normalized spacial score (nSPS) is 12.9. The van der Waals surface area contributed by atoms with E-state index in [4.69, 9.17) is 15.1 Å². The van der Waals surface area contributed by atoms with Gasteiger partial charge in [-0.2, -0.15) is 5.26 Å². The Labute approximate surface area is 112 Å². The molecule has 1 rings (SSSR count). The lowest BCUT2D eigenvalue weighted by Gasteiger charge is -2.15. The van der Waals surface area contributed by atoms with Gasteiger partial charge in [-0.15, -0.1) is 0 Å². The molecule has 0 aromatic heterocycles. The fraction of sp³-hybridized carbons (Fsp3) is 0.417. The first-order chi connectivity index (χ1) is 9.02. The highest BCUT2D eigenvalue weighted by atomic mass is 32.2. The van der Waals surface area contributed by atoms with Gasteiger partial charge in [0, 0.05) is 7.11 Å². The first kappa shape index (κ1) is 15.6. The molecule has 0 fully saturated rings. The van der Waals surface area contributed by atoms with Gasteiger partial charge in [0.25, 0.3) is 0 Å². The van der Waals surface area contributed by atoms with Crippen LogP contribution in [0.5, 0.6) is 0 Å². The van der Waals surface area contributed by atoms with E-state index >= 15 is 0 Å². The van der Waals surface area contributed by atoms with Crippen molar-refractivity contribution in [3.63, 3.8) is 0 Å². The molecule has 104 valence electrons. The van der Waals surface area contributed by atoms with Crippen LogP contribution in [0.25, 0.3) is 0 Å². The SMILES string of the molecule is COCC(CO)NS(=O)(=O)Cc1ccccc1C#N. The number of hydrogen-bond acceptors (Lipinski definition) is 5. The quantitative estimate of drug-likeness (QED) is 0.733. The van der Waals surface area contributed by atoms with Gasteiger partial charge in [-0.05, 0) is 11.6 Å². The van der Waals surface area contributed by atoms with Gasteiger partial charge in [0.2, 0.25) is 10.0 Å². The minimum atomic E-state index is -3.64. The van der Waals surface area contributed by atoms with Crippen molar-refractivity contribution in [1.82, 2.24) is 4.72 Å². The lowest BCUT2D eigenvalue weighted by molar-refractivity contribution is 0.139. The molecule has 19 heavy (non-hydrogen) atoms. The number of sulfonamides is 1. The van der Waals surface area contributed by atoms with E-state index < -0.39 is 16.1 Å². The molecule has 0 bridgehead atoms. The number of aliphatic hydroxyl groups is 1. The van der Waals surface area contributed by atoms with Crippen LogP contribution in [0.2, 0.25) is 0 Å². The number of aliphatic hydroxyl groups excluding tert-OH is 1. The third kappa shape index (κ3) is 4.96. The standard InChI is InChI=1S/C12H16N2O4S/c1-18-8-12(7-15)14-19(16,17)9-11-5-3-2-4-10(11)6-13/h2-5,12,14-15H,7-9H2,1H3. The minimum Gasteiger partial charge on any atom is -0.395 e. The summed E-state index contributed by atoms with van der Waals surface area (Å²) in [4.78, 5) is 0. The summed E-state index contributed by atoms with van der Waals surface area (Å²) in [6.45, 7) is -0.275. The van der Waals surface area contributed by atoms with Crippen LogP contribution in [0.15, 0.2) is 24.3 Å². The maximum absolute atomic E-state index is 11.9. The van der Waals surface area contributed by atoms with Crippen LogP contribution in [0.1, 0.15) is 11.1 Å². The number of nitriles is 1. The van der Waals surface area contributed by atoms with Crippen LogP contribution in [-0.2, 0) is 20.5 Å². The van der Waals surface area contributed by atoms with Crippen LogP contribution < -0.4 is 4.72 Å². The van der Waals surface area contributed by atoms with Crippen molar-refractivity contribution < 1.29 is 18.3 Å². The Morgan fingerprint density at radius 3 is 2.74 bits per heavy atom. The first-order valence-corrected chi connectivity index (χ1v) is 7.25. The lowest BCUT2D eigenvalue weighted by Crippen LogP contribution is -2.41. The lowest BCUT2D eigenvalue weighted by atomic mass is 10.1. The van der Waals surface area contributed by atoms with Crippen molar-refractivity contribution in [3.8, 4) is 6.07 Å². The van der Waals surface area contributed by atoms with Crippen LogP contribution in [0.3, 0.4) is 0 Å². The van der Waals surface area contributed by atoms with Crippen molar-refractivity contribution in [1.29, 1.82) is 5.26 Å². The second-order valence-corrected chi connectivity index (χ2v) is 5.73. The third-order valence-electron chi connectivity index (χ3n) is 2.42. The van der Waals surface area contributed by atoms with Gasteiger partial charge in [0.1, 0.15) is 0 Å². The Hall–Kier alpha value is -1.46. The summed E-state index contributed by atoms with van der Waals surface area (Å²) in [5, 5.41) is 17.9. The Morgan fingerprint density at radius 1 is 1.47 bits per heavy atom. The Morgan fingerprint density at radius 2 is 2.16 bits per heavy atom. The highest BCUT2D eigenvalue weighted by Crippen LogP contribution is 2.11. The Kier molecular flexibility index (Phi) is 5.92. The zero-order valence-corrected chi connectivity index (χ0v) is 11.4. The maximum Gasteiger partial charge on any atom is 0.216 e. The fourth-order valence-corrected chi connectivity index (χ4v) is 2.98. The summed E-state index contributed by atoms with van der Waals surface area (Å²) in [5.41, 5.74) is 0.742. The van der Waals surface area contributed by atoms with Crippen LogP contribution in [0, 0.1) is 11.3 Å². The van der Waals surface area contributed by atoms with Gasteiger partial charge in [-0.1, -0.05) is 18.2 Å². The van der Waals surface area contributed by atoms with Crippen LogP contribution in [-0.4, -0.2) is 39.9 Å². The Balaban J connectivity index is 2.82. The van der Waals surface area contributed by atoms with Crippen molar-refractivity contribution >= 4 is 10.0 Å². The highest BCUT2D eigenvalue weighted by molar-refractivity contribution is 7.88. The molecule has 0 radical (unpaired) electrons. The molecular weight excluding hydrogens is 268 g/mol. The highest BCUT2D eigenvalue weighted by Gasteiger charge is 2.19. The molecule has 1 aromatic carbocycles. The van der Waals surface area contributed by atoms with Gasteiger partial charge < -0.3 is 9.84 Å². The molecule has 6 nitrogen and oxygen atoms in total. The molecule has 0 aliphatic rings. The van der Waals surface area contributed by atoms with Crippen molar-refractivity contribution in [2.24, 2.45) is 0 Å². The van der Waals surface area contributed by atoms with Crippen LogP contribution in [0.4, 0.5) is 0 Å². The molecule has 1 atom stereocenters. The van der Waals surface area contributed by atoms with E-state index in [1.165, 1.54) is 7.11 Å². The predicted octanol–water partition coefficient (Wildman–Crippen LogP) is -0.0150. The largest absolute Gasteiger partial charge is 0.395 e. The van der Waals surface area contributed by atoms with Gasteiger partial charge >= 0.3 is 0 Å². The number of benzene rings is 1. The summed E-state index contributed by atoms with van der Waals surface area (Å²) in [5.74, 6) is -0.309. The van der Waals surface area contributed by atoms with Crippen LogP contribution >= 0.6 is 0 Å². The number of ether oxygens (including phenoxy) is 1. The molecule has 0 heterocycles. The molecule has 0 saturated heterocycles. The number of hydrogen-bond donors (Lipinski definition) is 2. The minimum absolute atomic E-state index is 0.0790. The molecule has 0 amide bonds. The van der Waals surface area contributed by atoms with Crippen molar-refractivity contribution in [2.75, 3.05) is 20.3 Å². The zero-order chi connectivity index (χ0) is 14.3. The molecule has 1 aromatic rings. The average molecular weight is 284 g/mol. The topological polar surface area (TPSA) is 99.4 Å². The number of nitrogens with one attached hydrogen (secondary N) is 1. The zero-order valence-electron chi connectivity index (χ0n) is 10.5. The van der Waals surface area contributed by atoms with E-state index in [0.29, 0.717) is 11.1 Å². The van der Waals surface area contributed by atoms with Gasteiger partial charge in [0.05, 0.1) is 36.6 Å². The molecule has 0 spiro atoms. The van der Waals surface area contributed by atoms with E-state index in [1.807, 2.05) is 6.07 Å². The maximum atomic E-state index is 11.9. The first-order valence-electron chi connectivity index (χ1n) is 5.60. The molecule has 7 heteroatoms. The molecule has 0 aliphatic heterocycles. The number of methoxy groups -OCH3 is 1. The molecule has 0 saturated carbocycles. The molecule has 0 aliphatic carbocycles. The summed E-state index contributed by atoms with van der Waals surface area (Å²) in [6.07, 6.45) is 0.